The second-order valence-electron chi connectivity index (χ2n) is 5.38. The van der Waals surface area contributed by atoms with E-state index in [-0.39, 0.29) is 10.7 Å². The van der Waals surface area contributed by atoms with Crippen LogP contribution >= 0.6 is 11.6 Å². The van der Waals surface area contributed by atoms with Crippen LogP contribution in [0.25, 0.3) is 0 Å². The number of hydrogen-bond acceptors (Lipinski definition) is 1. The van der Waals surface area contributed by atoms with E-state index in [1.165, 1.54) is 0 Å². The SMILES string of the molecule is CN1CCCCC/C1=N/C(=O)Nc1cc(C(F)(F)F)ccc1Cl. The molecule has 1 saturated heterocycles. The average molecular weight is 348 g/mol. The molecule has 0 bridgehead atoms. The molecular formula is C15H17ClF3N3O. The van der Waals surface area contributed by atoms with Gasteiger partial charge in [-0.05, 0) is 31.0 Å². The summed E-state index contributed by atoms with van der Waals surface area (Å²) in [7, 11) is 1.84. The maximum absolute atomic E-state index is 12.7. The van der Waals surface area contributed by atoms with Gasteiger partial charge in [0.15, 0.2) is 0 Å². The molecule has 0 saturated carbocycles. The summed E-state index contributed by atoms with van der Waals surface area (Å²) >= 11 is 5.85. The number of amides is 2. The van der Waals surface area contributed by atoms with E-state index in [1.807, 2.05) is 11.9 Å². The first-order valence-corrected chi connectivity index (χ1v) is 7.61. The quantitative estimate of drug-likeness (QED) is 0.793. The second kappa shape index (κ2) is 7.21. The van der Waals surface area contributed by atoms with Crippen molar-refractivity contribution < 1.29 is 18.0 Å². The van der Waals surface area contributed by atoms with Crippen molar-refractivity contribution in [1.29, 1.82) is 0 Å². The van der Waals surface area contributed by atoms with Crippen molar-refractivity contribution in [3.63, 3.8) is 0 Å². The topological polar surface area (TPSA) is 44.7 Å². The summed E-state index contributed by atoms with van der Waals surface area (Å²) in [4.78, 5) is 17.8. The molecule has 0 unspecified atom stereocenters. The summed E-state index contributed by atoms with van der Waals surface area (Å²) in [6, 6.07) is 2.04. The van der Waals surface area contributed by atoms with Crippen molar-refractivity contribution in [2.75, 3.05) is 18.9 Å². The fraction of sp³-hybridized carbons (Fsp3) is 0.467. The molecule has 4 nitrogen and oxygen atoms in total. The number of halogens is 4. The number of carbonyl (C=O) groups excluding carboxylic acids is 1. The Morgan fingerprint density at radius 2 is 2.04 bits per heavy atom. The predicted molar refractivity (Wildman–Crippen MR) is 84.0 cm³/mol. The molecule has 0 aliphatic carbocycles. The number of carbonyl (C=O) groups is 1. The van der Waals surface area contributed by atoms with E-state index in [1.54, 1.807) is 0 Å². The minimum Gasteiger partial charge on any atom is -0.363 e. The molecule has 0 spiro atoms. The molecule has 0 atom stereocenters. The Morgan fingerprint density at radius 1 is 1.30 bits per heavy atom. The minimum absolute atomic E-state index is 0.0285. The van der Waals surface area contributed by atoms with E-state index in [0.29, 0.717) is 12.3 Å². The molecule has 1 N–H and O–H groups in total. The molecular weight excluding hydrogens is 331 g/mol. The van der Waals surface area contributed by atoms with Gasteiger partial charge in [0.05, 0.1) is 16.3 Å². The summed E-state index contributed by atoms with van der Waals surface area (Å²) in [5.41, 5.74) is -0.983. The largest absolute Gasteiger partial charge is 0.416 e. The highest BCUT2D eigenvalue weighted by atomic mass is 35.5. The normalized spacial score (nSPS) is 18.0. The molecule has 23 heavy (non-hydrogen) atoms. The Morgan fingerprint density at radius 3 is 2.74 bits per heavy atom. The lowest BCUT2D eigenvalue weighted by Crippen LogP contribution is -2.27. The molecule has 126 valence electrons. The lowest BCUT2D eigenvalue weighted by molar-refractivity contribution is -0.137. The minimum atomic E-state index is -4.50. The number of alkyl halides is 3. The Kier molecular flexibility index (Phi) is 5.51. The van der Waals surface area contributed by atoms with Crippen LogP contribution in [0.2, 0.25) is 5.02 Å². The van der Waals surface area contributed by atoms with Crippen LogP contribution in [-0.4, -0.2) is 30.4 Å². The average Bonchev–Trinajstić information content (AvgIpc) is 2.65. The summed E-state index contributed by atoms with van der Waals surface area (Å²) < 4.78 is 38.1. The zero-order valence-corrected chi connectivity index (χ0v) is 13.3. The van der Waals surface area contributed by atoms with Crippen LogP contribution in [0.5, 0.6) is 0 Å². The number of amidine groups is 1. The van der Waals surface area contributed by atoms with E-state index in [0.717, 1.165) is 44.0 Å². The van der Waals surface area contributed by atoms with Crippen molar-refractivity contribution in [2.45, 2.75) is 31.9 Å². The summed E-state index contributed by atoms with van der Waals surface area (Å²) in [6.07, 6.45) is -0.820. The highest BCUT2D eigenvalue weighted by Crippen LogP contribution is 2.33. The Hall–Kier alpha value is -1.76. The van der Waals surface area contributed by atoms with Gasteiger partial charge in [-0.1, -0.05) is 18.0 Å². The van der Waals surface area contributed by atoms with Crippen molar-refractivity contribution in [2.24, 2.45) is 4.99 Å². The zero-order valence-electron chi connectivity index (χ0n) is 12.6. The van der Waals surface area contributed by atoms with Crippen LogP contribution in [-0.2, 0) is 6.18 Å². The first kappa shape index (κ1) is 17.6. The molecule has 0 aromatic heterocycles. The Labute approximate surface area is 137 Å². The number of anilines is 1. The molecule has 1 aromatic carbocycles. The number of rotatable bonds is 1. The number of nitrogens with zero attached hydrogens (tertiary/aromatic N) is 2. The molecule has 0 radical (unpaired) electrons. The summed E-state index contributed by atoms with van der Waals surface area (Å²) in [6.45, 7) is 0.802. The van der Waals surface area contributed by atoms with E-state index < -0.39 is 17.8 Å². The molecule has 1 aromatic rings. The Bertz CT molecular complexity index is 616. The number of benzene rings is 1. The third-order valence-corrected chi connectivity index (χ3v) is 3.93. The van der Waals surface area contributed by atoms with Crippen LogP contribution in [0, 0.1) is 0 Å². The van der Waals surface area contributed by atoms with Gasteiger partial charge in [0, 0.05) is 20.0 Å². The predicted octanol–water partition coefficient (Wildman–Crippen LogP) is 4.80. The Balaban J connectivity index is 2.16. The van der Waals surface area contributed by atoms with Crippen molar-refractivity contribution in [1.82, 2.24) is 4.90 Å². The molecule has 2 rings (SSSR count). The van der Waals surface area contributed by atoms with Gasteiger partial charge < -0.3 is 10.2 Å². The van der Waals surface area contributed by atoms with E-state index >= 15 is 0 Å². The number of likely N-dealkylation sites (tertiary alicyclic amines) is 1. The zero-order chi connectivity index (χ0) is 17.0. The van der Waals surface area contributed by atoms with Crippen LogP contribution < -0.4 is 5.32 Å². The van der Waals surface area contributed by atoms with Gasteiger partial charge in [0.25, 0.3) is 0 Å². The molecule has 8 heteroatoms. The van der Waals surface area contributed by atoms with Gasteiger partial charge in [-0.25, -0.2) is 4.79 Å². The standard InChI is InChI=1S/C15H17ClF3N3O/c1-22-8-4-2-3-5-13(22)21-14(23)20-12-9-10(15(17,18)19)6-7-11(12)16/h6-7,9H,2-5,8H2,1H3,(H,20,23)/b21-13-. The lowest BCUT2D eigenvalue weighted by Gasteiger charge is -2.17. The fourth-order valence-electron chi connectivity index (χ4n) is 2.33. The van der Waals surface area contributed by atoms with Gasteiger partial charge in [-0.3, -0.25) is 0 Å². The highest BCUT2D eigenvalue weighted by molar-refractivity contribution is 6.33. The smallest absolute Gasteiger partial charge is 0.363 e. The number of nitrogens with one attached hydrogen (secondary N) is 1. The fourth-order valence-corrected chi connectivity index (χ4v) is 2.49. The second-order valence-corrected chi connectivity index (χ2v) is 5.79. The number of urea groups is 1. The maximum Gasteiger partial charge on any atom is 0.416 e. The highest BCUT2D eigenvalue weighted by Gasteiger charge is 2.31. The lowest BCUT2D eigenvalue weighted by atomic mass is 10.2. The van der Waals surface area contributed by atoms with Crippen LogP contribution in [0.3, 0.4) is 0 Å². The van der Waals surface area contributed by atoms with E-state index in [4.69, 9.17) is 11.6 Å². The van der Waals surface area contributed by atoms with Crippen molar-refractivity contribution in [3.8, 4) is 0 Å². The van der Waals surface area contributed by atoms with Gasteiger partial charge in [-0.15, -0.1) is 0 Å². The van der Waals surface area contributed by atoms with E-state index in [2.05, 4.69) is 10.3 Å². The van der Waals surface area contributed by atoms with Crippen LogP contribution in [0.4, 0.5) is 23.7 Å². The molecule has 1 heterocycles. The van der Waals surface area contributed by atoms with E-state index in [9.17, 15) is 18.0 Å². The third kappa shape index (κ3) is 4.86. The first-order valence-electron chi connectivity index (χ1n) is 7.24. The molecule has 2 amide bonds. The monoisotopic (exact) mass is 347 g/mol. The van der Waals surface area contributed by atoms with Crippen molar-refractivity contribution >= 4 is 29.2 Å². The molecule has 1 aliphatic rings. The van der Waals surface area contributed by atoms with Gasteiger partial charge in [0.2, 0.25) is 0 Å². The van der Waals surface area contributed by atoms with Crippen LogP contribution in [0.1, 0.15) is 31.2 Å². The van der Waals surface area contributed by atoms with Gasteiger partial charge in [0.1, 0.15) is 5.84 Å². The van der Waals surface area contributed by atoms with Gasteiger partial charge in [-0.2, -0.15) is 18.2 Å². The molecule has 1 aliphatic heterocycles. The molecule has 1 fully saturated rings. The number of aliphatic imine (C=N–C) groups is 1. The van der Waals surface area contributed by atoms with Crippen molar-refractivity contribution in [3.05, 3.63) is 28.8 Å². The van der Waals surface area contributed by atoms with Crippen LogP contribution in [0.15, 0.2) is 23.2 Å². The first-order chi connectivity index (χ1) is 10.8. The maximum atomic E-state index is 12.7. The summed E-state index contributed by atoms with van der Waals surface area (Å²) in [5.74, 6) is 0.628. The summed E-state index contributed by atoms with van der Waals surface area (Å²) in [5, 5.41) is 2.35. The number of hydrogen-bond donors (Lipinski definition) is 1. The third-order valence-electron chi connectivity index (χ3n) is 3.60. The van der Waals surface area contributed by atoms with Gasteiger partial charge >= 0.3 is 12.2 Å².